The van der Waals surface area contributed by atoms with Crippen molar-refractivity contribution < 1.29 is 9.53 Å². The minimum atomic E-state index is -0.216. The number of anilines is 1. The largest absolute Gasteiger partial charge is 0.454 e. The van der Waals surface area contributed by atoms with Gasteiger partial charge in [0.15, 0.2) is 0 Å². The van der Waals surface area contributed by atoms with Crippen LogP contribution in [0.5, 0.6) is 0 Å². The number of rotatable bonds is 8. The number of amidine groups is 1. The fraction of sp³-hybridized carbons (Fsp3) is 0.364. The van der Waals surface area contributed by atoms with Crippen LogP contribution in [0.4, 0.5) is 5.69 Å². The summed E-state index contributed by atoms with van der Waals surface area (Å²) < 4.78 is 5.52. The summed E-state index contributed by atoms with van der Waals surface area (Å²) in [7, 11) is 0. The normalized spacial score (nSPS) is 16.1. The quantitative estimate of drug-likeness (QED) is 0.408. The molecular weight excluding hydrogens is 338 g/mol. The molecule has 0 bridgehead atoms. The van der Waals surface area contributed by atoms with Crippen molar-refractivity contribution in [3.8, 4) is 0 Å². The van der Waals surface area contributed by atoms with E-state index >= 15 is 0 Å². The molecule has 1 unspecified atom stereocenters. The van der Waals surface area contributed by atoms with Gasteiger partial charge in [0.25, 0.3) is 0 Å². The lowest BCUT2D eigenvalue weighted by atomic mass is 10.0. The van der Waals surface area contributed by atoms with E-state index in [2.05, 4.69) is 29.4 Å². The Morgan fingerprint density at radius 2 is 2.04 bits per heavy atom. The Labute approximate surface area is 160 Å². The number of aliphatic imine (C=N–C) groups is 1. The van der Waals surface area contributed by atoms with Crippen LogP contribution in [-0.4, -0.2) is 11.8 Å². The van der Waals surface area contributed by atoms with E-state index in [0.717, 1.165) is 41.6 Å². The number of fused-ring (bicyclic) bond motifs is 1. The summed E-state index contributed by atoms with van der Waals surface area (Å²) >= 11 is 0. The predicted octanol–water partition coefficient (Wildman–Crippen LogP) is 4.58. The van der Waals surface area contributed by atoms with E-state index in [0.29, 0.717) is 24.5 Å². The molecule has 1 atom stereocenters. The summed E-state index contributed by atoms with van der Waals surface area (Å²) in [6.45, 7) is 5.19. The highest BCUT2D eigenvalue weighted by atomic mass is 16.5. The molecule has 142 valence electrons. The molecule has 3 rings (SSSR count). The number of esters is 1. The summed E-state index contributed by atoms with van der Waals surface area (Å²) in [5.74, 6) is 0.368. The molecule has 0 aliphatic carbocycles. The van der Waals surface area contributed by atoms with Gasteiger partial charge in [0.1, 0.15) is 6.10 Å². The summed E-state index contributed by atoms with van der Waals surface area (Å²) in [4.78, 5) is 16.4. The van der Waals surface area contributed by atoms with Crippen LogP contribution in [0.15, 0.2) is 47.5 Å². The highest BCUT2D eigenvalue weighted by molar-refractivity contribution is 5.95. The van der Waals surface area contributed by atoms with Crippen LogP contribution in [-0.2, 0) is 17.8 Å². The molecule has 1 heterocycles. The third kappa shape index (κ3) is 4.88. The van der Waals surface area contributed by atoms with Crippen LogP contribution >= 0.6 is 0 Å². The van der Waals surface area contributed by atoms with Crippen molar-refractivity contribution in [2.45, 2.75) is 52.3 Å². The van der Waals surface area contributed by atoms with Gasteiger partial charge in [0.2, 0.25) is 0 Å². The van der Waals surface area contributed by atoms with Crippen molar-refractivity contribution in [2.75, 3.05) is 5.32 Å². The van der Waals surface area contributed by atoms with Crippen LogP contribution < -0.4 is 11.1 Å². The third-order valence-corrected chi connectivity index (χ3v) is 4.69. The molecule has 2 aromatic rings. The molecule has 0 saturated heterocycles. The molecule has 0 aromatic heterocycles. The zero-order chi connectivity index (χ0) is 19.2. The molecule has 0 fully saturated rings. The van der Waals surface area contributed by atoms with Crippen molar-refractivity contribution in [1.29, 1.82) is 0 Å². The maximum atomic E-state index is 12.2. The third-order valence-electron chi connectivity index (χ3n) is 4.69. The van der Waals surface area contributed by atoms with Gasteiger partial charge in [-0.15, -0.1) is 0 Å². The van der Waals surface area contributed by atoms with Crippen molar-refractivity contribution in [1.82, 2.24) is 0 Å². The number of hydrogen-bond acceptors (Lipinski definition) is 4. The molecule has 5 nitrogen and oxygen atoms in total. The number of carbonyl (C=O) groups is 1. The second-order valence-corrected chi connectivity index (χ2v) is 6.97. The van der Waals surface area contributed by atoms with E-state index in [1.807, 2.05) is 30.3 Å². The van der Waals surface area contributed by atoms with Crippen molar-refractivity contribution in [3.63, 3.8) is 0 Å². The lowest BCUT2D eigenvalue weighted by Gasteiger charge is -2.11. The maximum absolute atomic E-state index is 12.2. The van der Waals surface area contributed by atoms with Gasteiger partial charge in [-0.2, -0.15) is 0 Å². The second kappa shape index (κ2) is 8.71. The van der Waals surface area contributed by atoms with Gasteiger partial charge in [-0.1, -0.05) is 43.7 Å². The van der Waals surface area contributed by atoms with Crippen LogP contribution in [0.1, 0.15) is 66.3 Å². The summed E-state index contributed by atoms with van der Waals surface area (Å²) in [6, 6.07) is 14.2. The van der Waals surface area contributed by atoms with Gasteiger partial charge in [-0.3, -0.25) is 4.99 Å². The highest BCUT2D eigenvalue weighted by Gasteiger charge is 2.30. The molecule has 1 aliphatic heterocycles. The Morgan fingerprint density at radius 3 is 2.81 bits per heavy atom. The average molecular weight is 365 g/mol. The first-order valence-corrected chi connectivity index (χ1v) is 9.50. The summed E-state index contributed by atoms with van der Waals surface area (Å²) in [5.41, 5.74) is 10.5. The number of nitrogens with two attached hydrogens (primary N) is 1. The first-order valence-electron chi connectivity index (χ1n) is 9.50. The molecule has 5 heteroatoms. The Bertz CT molecular complexity index is 841. The van der Waals surface area contributed by atoms with Crippen molar-refractivity contribution in [2.24, 2.45) is 10.7 Å². The number of benzene rings is 2. The van der Waals surface area contributed by atoms with Crippen molar-refractivity contribution in [3.05, 3.63) is 64.7 Å². The predicted molar refractivity (Wildman–Crippen MR) is 109 cm³/mol. The minimum absolute atomic E-state index is 0.0928. The van der Waals surface area contributed by atoms with Crippen LogP contribution in [0.3, 0.4) is 0 Å². The lowest BCUT2D eigenvalue weighted by molar-refractivity contribution is 0.0364. The van der Waals surface area contributed by atoms with Gasteiger partial charge in [0.05, 0.1) is 17.9 Å². The number of hydrogen-bond donors (Lipinski definition) is 2. The van der Waals surface area contributed by atoms with Gasteiger partial charge < -0.3 is 15.8 Å². The number of cyclic esters (lactones) is 1. The average Bonchev–Trinajstić information content (AvgIpc) is 2.98. The molecule has 1 aliphatic rings. The van der Waals surface area contributed by atoms with Crippen LogP contribution in [0.25, 0.3) is 0 Å². The van der Waals surface area contributed by atoms with E-state index in [4.69, 9.17) is 10.5 Å². The van der Waals surface area contributed by atoms with E-state index in [1.165, 1.54) is 0 Å². The number of carbonyl (C=O) groups excluding carboxylic acids is 1. The van der Waals surface area contributed by atoms with Crippen LogP contribution in [0.2, 0.25) is 0 Å². The first kappa shape index (κ1) is 19.0. The van der Waals surface area contributed by atoms with E-state index in [-0.39, 0.29) is 12.1 Å². The zero-order valence-electron chi connectivity index (χ0n) is 16.0. The van der Waals surface area contributed by atoms with Gasteiger partial charge in [0, 0.05) is 17.8 Å². The molecule has 0 amide bonds. The number of ether oxygens (including phenoxy) is 1. The summed E-state index contributed by atoms with van der Waals surface area (Å²) in [6.07, 6.45) is 2.95. The summed E-state index contributed by atoms with van der Waals surface area (Å²) in [5, 5.41) is 3.39. The Hall–Kier alpha value is -2.82. The van der Waals surface area contributed by atoms with Gasteiger partial charge in [-0.25, -0.2) is 4.79 Å². The van der Waals surface area contributed by atoms with Crippen molar-refractivity contribution >= 4 is 17.5 Å². The molecular formula is C22H27N3O2. The van der Waals surface area contributed by atoms with E-state index in [9.17, 15) is 4.79 Å². The minimum Gasteiger partial charge on any atom is -0.454 e. The Kier molecular flexibility index (Phi) is 6.12. The smallest absolute Gasteiger partial charge is 0.339 e. The SMILES string of the molecule is CCCCC1OC(=O)c2cc(NCc3cccc(CN=C(C)N)c3)ccc21. The standard InChI is InChI=1S/C22H27N3O2/c1-3-4-8-21-19-10-9-18(12-20(19)22(26)27-21)25-14-17-7-5-6-16(11-17)13-24-15(2)23/h5-7,9-12,21,25H,3-4,8,13-14H2,1-2H3,(H2,23,24). The molecule has 0 spiro atoms. The maximum Gasteiger partial charge on any atom is 0.339 e. The van der Waals surface area contributed by atoms with Gasteiger partial charge in [-0.05, 0) is 43.0 Å². The zero-order valence-corrected chi connectivity index (χ0v) is 16.0. The fourth-order valence-corrected chi connectivity index (χ4v) is 3.24. The molecule has 0 saturated carbocycles. The second-order valence-electron chi connectivity index (χ2n) is 6.97. The Balaban J connectivity index is 1.66. The molecule has 27 heavy (non-hydrogen) atoms. The number of unbranched alkanes of at least 4 members (excludes halogenated alkanes) is 1. The lowest BCUT2D eigenvalue weighted by Crippen LogP contribution is -2.05. The number of nitrogens with one attached hydrogen (secondary N) is 1. The topological polar surface area (TPSA) is 76.7 Å². The molecule has 0 radical (unpaired) electrons. The highest BCUT2D eigenvalue weighted by Crippen LogP contribution is 2.35. The first-order chi connectivity index (χ1) is 13.1. The van der Waals surface area contributed by atoms with Gasteiger partial charge >= 0.3 is 5.97 Å². The number of nitrogens with zero attached hydrogens (tertiary/aromatic N) is 1. The van der Waals surface area contributed by atoms with Crippen LogP contribution in [0, 0.1) is 0 Å². The monoisotopic (exact) mass is 365 g/mol. The molecule has 2 aromatic carbocycles. The van der Waals surface area contributed by atoms with E-state index in [1.54, 1.807) is 6.92 Å². The van der Waals surface area contributed by atoms with E-state index < -0.39 is 0 Å². The Morgan fingerprint density at radius 1 is 1.22 bits per heavy atom. The fourth-order valence-electron chi connectivity index (χ4n) is 3.24. The molecule has 3 N–H and O–H groups in total.